The number of carbonyl (C=O) groups excluding carboxylic acids is 1. The Bertz CT molecular complexity index is 719. The van der Waals surface area contributed by atoms with E-state index in [0.29, 0.717) is 13.1 Å². The van der Waals surface area contributed by atoms with Gasteiger partial charge in [0, 0.05) is 32.4 Å². The molecule has 1 saturated heterocycles. The Morgan fingerprint density at radius 2 is 1.92 bits per heavy atom. The number of sulfonamides is 1. The summed E-state index contributed by atoms with van der Waals surface area (Å²) in [5.41, 5.74) is 0.183. The SMILES string of the molecule is CC(CC(=O)O)NC(=O)c1cc(S(=O)(=O)N2CCCCC2)cn1C. The summed E-state index contributed by atoms with van der Waals surface area (Å²) >= 11 is 0. The molecule has 2 rings (SSSR count). The molecule has 1 amide bonds. The van der Waals surface area contributed by atoms with Gasteiger partial charge in [0.1, 0.15) is 10.6 Å². The monoisotopic (exact) mass is 357 g/mol. The fourth-order valence-corrected chi connectivity index (χ4v) is 4.35. The maximum absolute atomic E-state index is 12.6. The van der Waals surface area contributed by atoms with E-state index >= 15 is 0 Å². The molecule has 2 heterocycles. The molecule has 0 aliphatic carbocycles. The van der Waals surface area contributed by atoms with Crippen molar-refractivity contribution < 1.29 is 23.1 Å². The molecule has 1 aromatic rings. The van der Waals surface area contributed by atoms with Crippen LogP contribution in [0.15, 0.2) is 17.2 Å². The second-order valence-corrected chi connectivity index (χ2v) is 8.05. The third-order valence-corrected chi connectivity index (χ3v) is 5.89. The molecule has 0 saturated carbocycles. The highest BCUT2D eigenvalue weighted by Gasteiger charge is 2.28. The topological polar surface area (TPSA) is 109 Å². The van der Waals surface area contributed by atoms with Crippen LogP contribution < -0.4 is 5.32 Å². The summed E-state index contributed by atoms with van der Waals surface area (Å²) in [4.78, 5) is 23.0. The normalized spacial score (nSPS) is 17.4. The van der Waals surface area contributed by atoms with Crippen molar-refractivity contribution in [3.05, 3.63) is 18.0 Å². The van der Waals surface area contributed by atoms with E-state index in [1.807, 2.05) is 0 Å². The van der Waals surface area contributed by atoms with Crippen molar-refractivity contribution in [2.45, 2.75) is 43.5 Å². The molecule has 1 aromatic heterocycles. The van der Waals surface area contributed by atoms with Crippen LogP contribution in [0.3, 0.4) is 0 Å². The Kier molecular flexibility index (Phi) is 5.66. The fraction of sp³-hybridized carbons (Fsp3) is 0.600. The number of rotatable bonds is 6. The van der Waals surface area contributed by atoms with Crippen LogP contribution in [0.25, 0.3) is 0 Å². The van der Waals surface area contributed by atoms with E-state index < -0.39 is 27.9 Å². The van der Waals surface area contributed by atoms with Gasteiger partial charge in [-0.05, 0) is 25.8 Å². The predicted octanol–water partition coefficient (Wildman–Crippen LogP) is 0.793. The van der Waals surface area contributed by atoms with E-state index in [0.717, 1.165) is 19.3 Å². The van der Waals surface area contributed by atoms with Crippen molar-refractivity contribution >= 4 is 21.9 Å². The summed E-state index contributed by atoms with van der Waals surface area (Å²) in [6, 6.07) is 0.791. The van der Waals surface area contributed by atoms with Crippen LogP contribution in [0.1, 0.15) is 43.1 Å². The van der Waals surface area contributed by atoms with Gasteiger partial charge >= 0.3 is 5.97 Å². The first-order valence-corrected chi connectivity index (χ1v) is 9.35. The zero-order valence-electron chi connectivity index (χ0n) is 13.9. The van der Waals surface area contributed by atoms with Crippen molar-refractivity contribution in [3.63, 3.8) is 0 Å². The summed E-state index contributed by atoms with van der Waals surface area (Å²) in [7, 11) is -2.02. The van der Waals surface area contributed by atoms with Crippen LogP contribution in [-0.2, 0) is 21.9 Å². The molecule has 0 radical (unpaired) electrons. The first-order valence-electron chi connectivity index (χ1n) is 7.91. The zero-order chi connectivity index (χ0) is 17.9. The summed E-state index contributed by atoms with van der Waals surface area (Å²) < 4.78 is 28.2. The quantitative estimate of drug-likeness (QED) is 0.782. The Morgan fingerprint density at radius 3 is 2.50 bits per heavy atom. The molecule has 1 fully saturated rings. The highest BCUT2D eigenvalue weighted by Crippen LogP contribution is 2.22. The van der Waals surface area contributed by atoms with Gasteiger partial charge in [0.05, 0.1) is 6.42 Å². The van der Waals surface area contributed by atoms with Gasteiger partial charge in [-0.3, -0.25) is 9.59 Å². The van der Waals surface area contributed by atoms with Gasteiger partial charge in [0.25, 0.3) is 5.91 Å². The molecule has 0 bridgehead atoms. The molecule has 0 spiro atoms. The lowest BCUT2D eigenvalue weighted by Gasteiger charge is -2.25. The average molecular weight is 357 g/mol. The Morgan fingerprint density at radius 1 is 1.29 bits per heavy atom. The number of aryl methyl sites for hydroxylation is 1. The molecule has 0 aromatic carbocycles. The Hall–Kier alpha value is -1.87. The summed E-state index contributed by atoms with van der Waals surface area (Å²) in [5, 5.41) is 11.3. The third-order valence-electron chi connectivity index (χ3n) is 4.02. The number of hydrogen-bond donors (Lipinski definition) is 2. The van der Waals surface area contributed by atoms with Gasteiger partial charge in [-0.2, -0.15) is 4.31 Å². The van der Waals surface area contributed by atoms with Gasteiger partial charge < -0.3 is 15.0 Å². The Labute approximate surface area is 141 Å². The number of carbonyl (C=O) groups is 2. The van der Waals surface area contributed by atoms with Gasteiger partial charge in [-0.1, -0.05) is 6.42 Å². The van der Waals surface area contributed by atoms with Crippen molar-refractivity contribution in [3.8, 4) is 0 Å². The largest absolute Gasteiger partial charge is 0.481 e. The molecule has 1 unspecified atom stereocenters. The van der Waals surface area contributed by atoms with Crippen LogP contribution in [-0.4, -0.2) is 53.4 Å². The minimum absolute atomic E-state index is 0.0861. The molecule has 1 aliphatic rings. The fourth-order valence-electron chi connectivity index (χ4n) is 2.77. The molecular formula is C15H23N3O5S. The average Bonchev–Trinajstić information content (AvgIpc) is 2.90. The second kappa shape index (κ2) is 7.35. The smallest absolute Gasteiger partial charge is 0.305 e. The minimum Gasteiger partial charge on any atom is -0.481 e. The van der Waals surface area contributed by atoms with Gasteiger partial charge in [0.15, 0.2) is 0 Å². The van der Waals surface area contributed by atoms with Gasteiger partial charge in [0.2, 0.25) is 10.0 Å². The first kappa shape index (κ1) is 18.5. The van der Waals surface area contributed by atoms with Crippen molar-refractivity contribution in [2.24, 2.45) is 7.05 Å². The van der Waals surface area contributed by atoms with Crippen molar-refractivity contribution in [2.75, 3.05) is 13.1 Å². The van der Waals surface area contributed by atoms with Crippen LogP contribution in [0.4, 0.5) is 0 Å². The number of hydrogen-bond acceptors (Lipinski definition) is 4. The molecule has 134 valence electrons. The summed E-state index contributed by atoms with van der Waals surface area (Å²) in [6.45, 7) is 2.57. The van der Waals surface area contributed by atoms with Crippen molar-refractivity contribution in [1.82, 2.24) is 14.2 Å². The van der Waals surface area contributed by atoms with E-state index in [-0.39, 0.29) is 17.0 Å². The maximum atomic E-state index is 12.6. The number of piperidine rings is 1. The molecule has 1 atom stereocenters. The lowest BCUT2D eigenvalue weighted by Crippen LogP contribution is -2.35. The van der Waals surface area contributed by atoms with E-state index in [1.54, 1.807) is 14.0 Å². The van der Waals surface area contributed by atoms with Crippen LogP contribution in [0.5, 0.6) is 0 Å². The molecule has 8 nitrogen and oxygen atoms in total. The van der Waals surface area contributed by atoms with Crippen LogP contribution in [0.2, 0.25) is 0 Å². The highest BCUT2D eigenvalue weighted by atomic mass is 32.2. The zero-order valence-corrected chi connectivity index (χ0v) is 14.7. The molecule has 24 heavy (non-hydrogen) atoms. The number of aromatic nitrogens is 1. The number of nitrogens with zero attached hydrogens (tertiary/aromatic N) is 2. The van der Waals surface area contributed by atoms with Gasteiger partial charge in [-0.25, -0.2) is 8.42 Å². The number of amides is 1. The van der Waals surface area contributed by atoms with Crippen LogP contribution in [0, 0.1) is 0 Å². The van der Waals surface area contributed by atoms with E-state index in [2.05, 4.69) is 5.32 Å². The number of carboxylic acid groups (broad SMARTS) is 1. The molecule has 2 N–H and O–H groups in total. The lowest BCUT2D eigenvalue weighted by molar-refractivity contribution is -0.137. The second-order valence-electron chi connectivity index (χ2n) is 6.11. The van der Waals surface area contributed by atoms with E-state index in [4.69, 9.17) is 5.11 Å². The lowest BCUT2D eigenvalue weighted by atomic mass is 10.2. The number of aliphatic carboxylic acids is 1. The minimum atomic E-state index is -3.61. The van der Waals surface area contributed by atoms with E-state index in [1.165, 1.54) is 21.1 Å². The maximum Gasteiger partial charge on any atom is 0.305 e. The number of nitrogens with one attached hydrogen (secondary N) is 1. The third kappa shape index (κ3) is 4.15. The van der Waals surface area contributed by atoms with Crippen LogP contribution >= 0.6 is 0 Å². The summed E-state index contributed by atoms with van der Waals surface area (Å²) in [5.74, 6) is -1.51. The molecular weight excluding hydrogens is 334 g/mol. The van der Waals surface area contributed by atoms with E-state index in [9.17, 15) is 18.0 Å². The first-order chi connectivity index (χ1) is 11.2. The number of carboxylic acids is 1. The highest BCUT2D eigenvalue weighted by molar-refractivity contribution is 7.89. The molecule has 1 aliphatic heterocycles. The van der Waals surface area contributed by atoms with Gasteiger partial charge in [-0.15, -0.1) is 0 Å². The standard InChI is InChI=1S/C15H23N3O5S/c1-11(8-14(19)20)16-15(21)13-9-12(10-17(13)2)24(22,23)18-6-4-3-5-7-18/h9-11H,3-8H2,1-2H3,(H,16,21)(H,19,20). The van der Waals surface area contributed by atoms with Crippen molar-refractivity contribution in [1.29, 1.82) is 0 Å². The predicted molar refractivity (Wildman–Crippen MR) is 87.2 cm³/mol. The Balaban J connectivity index is 2.17. The summed E-state index contributed by atoms with van der Waals surface area (Å²) in [6.07, 6.45) is 3.92. The molecule has 9 heteroatoms.